The van der Waals surface area contributed by atoms with E-state index >= 15 is 0 Å². The van der Waals surface area contributed by atoms with Gasteiger partial charge >= 0.3 is 0 Å². The summed E-state index contributed by atoms with van der Waals surface area (Å²) < 4.78 is 45.1. The van der Waals surface area contributed by atoms with Crippen LogP contribution in [0.5, 0.6) is 0 Å². The van der Waals surface area contributed by atoms with Crippen molar-refractivity contribution in [1.29, 1.82) is 0 Å². The summed E-state index contributed by atoms with van der Waals surface area (Å²) in [5.74, 6) is 1.24. The standard InChI is InChI=1S/C31H26Cl2N2O2P.ClHO4/c32-23-16-17-27(28(33)22-23)29-34-30(31(37-29)35-18-20-36-21-19-35)38(24-10-4-1-5-11-24,25-12-6-2-7-13-25)26-14-8-3-9-15-26;2-1(3,4)5/h1-17,22H,18-21H2;(H,2,3,4,5)/q+1;. The van der Waals surface area contributed by atoms with E-state index in [1.54, 1.807) is 6.07 Å². The van der Waals surface area contributed by atoms with E-state index in [1.165, 1.54) is 15.9 Å². The first kappa shape index (κ1) is 31.4. The van der Waals surface area contributed by atoms with Crippen molar-refractivity contribution in [2.24, 2.45) is 0 Å². The highest BCUT2D eigenvalue weighted by atomic mass is 35.7. The van der Waals surface area contributed by atoms with Gasteiger partial charge in [-0.05, 0) is 54.6 Å². The zero-order valence-corrected chi connectivity index (χ0v) is 25.8. The number of aromatic nitrogens is 1. The van der Waals surface area contributed by atoms with E-state index in [4.69, 9.17) is 56.0 Å². The Balaban J connectivity index is 0.000000682. The number of nitrogens with zero attached hydrogens (tertiary/aromatic N) is 2. The number of morpholine rings is 1. The van der Waals surface area contributed by atoms with Crippen molar-refractivity contribution in [3.8, 4) is 11.5 Å². The number of hydrogen-bond donors (Lipinski definition) is 1. The van der Waals surface area contributed by atoms with Gasteiger partial charge in [-0.25, -0.2) is 0 Å². The molecule has 0 bridgehead atoms. The Morgan fingerprint density at radius 2 is 1.21 bits per heavy atom. The van der Waals surface area contributed by atoms with Crippen molar-refractivity contribution in [2.75, 3.05) is 31.2 Å². The van der Waals surface area contributed by atoms with Crippen molar-refractivity contribution in [3.63, 3.8) is 0 Å². The average molecular weight is 661 g/mol. The molecule has 0 amide bonds. The number of benzene rings is 4. The van der Waals surface area contributed by atoms with Gasteiger partial charge in [0.05, 0.1) is 38.7 Å². The zero-order chi connectivity index (χ0) is 30.5. The minimum absolute atomic E-state index is 0.482. The van der Waals surface area contributed by atoms with Gasteiger partial charge in [0.15, 0.2) is 7.26 Å². The van der Waals surface area contributed by atoms with Crippen LogP contribution in [0.4, 0.5) is 5.88 Å². The van der Waals surface area contributed by atoms with Crippen molar-refractivity contribution in [1.82, 2.24) is 4.98 Å². The van der Waals surface area contributed by atoms with Gasteiger partial charge in [0.2, 0.25) is 5.89 Å². The molecule has 1 saturated heterocycles. The molecule has 222 valence electrons. The molecule has 1 aliphatic heterocycles. The predicted octanol–water partition coefficient (Wildman–Crippen LogP) is 1.98. The van der Waals surface area contributed by atoms with Crippen molar-refractivity contribution in [2.45, 2.75) is 0 Å². The summed E-state index contributed by atoms with van der Waals surface area (Å²) in [5.41, 5.74) is 1.63. The van der Waals surface area contributed by atoms with Crippen LogP contribution in [-0.2, 0) is 4.74 Å². The third-order valence-corrected chi connectivity index (χ3v) is 11.5. The molecule has 8 nitrogen and oxygen atoms in total. The fraction of sp³-hybridized carbons (Fsp3) is 0.129. The van der Waals surface area contributed by atoms with E-state index < -0.39 is 17.5 Å². The summed E-state index contributed by atoms with van der Waals surface area (Å²) in [4.78, 5) is 7.57. The van der Waals surface area contributed by atoms with Gasteiger partial charge in [0.1, 0.15) is 15.9 Å². The van der Waals surface area contributed by atoms with Crippen LogP contribution in [0.15, 0.2) is 114 Å². The molecule has 1 aliphatic rings. The molecule has 0 spiro atoms. The predicted molar refractivity (Wildman–Crippen MR) is 162 cm³/mol. The van der Waals surface area contributed by atoms with Gasteiger partial charge in [-0.1, -0.05) is 77.8 Å². The number of oxazole rings is 1. The minimum atomic E-state index is -4.69. The fourth-order valence-corrected chi connectivity index (χ4v) is 9.73. The van der Waals surface area contributed by atoms with E-state index in [-0.39, 0.29) is 0 Å². The first-order valence-corrected chi connectivity index (χ1v) is 17.0. The summed E-state index contributed by atoms with van der Waals surface area (Å²) in [5, 5.41) is 4.68. The lowest BCUT2D eigenvalue weighted by Gasteiger charge is -2.30. The third-order valence-electron chi connectivity index (χ3n) is 6.80. The average Bonchev–Trinajstić information content (AvgIpc) is 3.44. The molecular weight excluding hydrogens is 634 g/mol. The monoisotopic (exact) mass is 659 g/mol. The highest BCUT2D eigenvalue weighted by molar-refractivity contribution is 8.01. The second-order valence-corrected chi connectivity index (χ2v) is 14.4. The van der Waals surface area contributed by atoms with E-state index in [2.05, 4.69) is 95.9 Å². The molecule has 1 aromatic heterocycles. The smallest absolute Gasteiger partial charge is 0.262 e. The normalized spacial score (nSPS) is 13.8. The van der Waals surface area contributed by atoms with E-state index in [0.717, 1.165) is 11.3 Å². The Hall–Kier alpha value is -3.01. The second-order valence-electron chi connectivity index (χ2n) is 9.44. The molecule has 0 radical (unpaired) electrons. The number of ether oxygens (including phenoxy) is 1. The van der Waals surface area contributed by atoms with Gasteiger partial charge in [-0.15, -0.1) is 0 Å². The molecule has 1 N–H and O–H groups in total. The van der Waals surface area contributed by atoms with Gasteiger partial charge in [0.25, 0.3) is 11.3 Å². The summed E-state index contributed by atoms with van der Waals surface area (Å²) in [6.45, 7) is 2.69. The van der Waals surface area contributed by atoms with Crippen molar-refractivity contribution < 1.29 is 38.0 Å². The first-order chi connectivity index (χ1) is 20.7. The molecule has 0 saturated carbocycles. The molecule has 1 fully saturated rings. The highest BCUT2D eigenvalue weighted by Crippen LogP contribution is 2.56. The quantitative estimate of drug-likeness (QED) is 0.274. The highest BCUT2D eigenvalue weighted by Gasteiger charge is 2.53. The molecule has 5 aromatic rings. The maximum Gasteiger partial charge on any atom is 0.262 e. The first-order valence-electron chi connectivity index (χ1n) is 13.2. The van der Waals surface area contributed by atoms with Gasteiger partial charge in [-0.2, -0.15) is 19.0 Å². The molecular formula is C31H27Cl3N2O6P+. The van der Waals surface area contributed by atoms with Gasteiger partial charge in [-0.3, -0.25) is 0 Å². The number of hydrogen-bond acceptors (Lipinski definition) is 8. The molecule has 0 aliphatic carbocycles. The Morgan fingerprint density at radius 1 is 0.744 bits per heavy atom. The maximum atomic E-state index is 8.60. The van der Waals surface area contributed by atoms with Crippen LogP contribution >= 0.6 is 30.5 Å². The number of rotatable bonds is 6. The van der Waals surface area contributed by atoms with Crippen LogP contribution in [0.1, 0.15) is 0 Å². The zero-order valence-electron chi connectivity index (χ0n) is 22.7. The van der Waals surface area contributed by atoms with Crippen LogP contribution in [-0.4, -0.2) is 35.9 Å². The molecule has 2 heterocycles. The Bertz CT molecular complexity index is 1530. The van der Waals surface area contributed by atoms with Crippen LogP contribution in [0.3, 0.4) is 0 Å². The molecule has 0 unspecified atom stereocenters. The number of anilines is 1. The van der Waals surface area contributed by atoms with Crippen molar-refractivity contribution >= 4 is 57.7 Å². The fourth-order valence-electron chi connectivity index (χ4n) is 5.04. The summed E-state index contributed by atoms with van der Waals surface area (Å²) in [7, 11) is -7.19. The molecule has 43 heavy (non-hydrogen) atoms. The summed E-state index contributed by atoms with van der Waals surface area (Å²) >= 11 is 12.9. The topological polar surface area (TPSA) is 128 Å². The summed E-state index contributed by atoms with van der Waals surface area (Å²) in [6.07, 6.45) is 0. The lowest BCUT2D eigenvalue weighted by Crippen LogP contribution is -2.58. The third kappa shape index (κ3) is 7.21. The summed E-state index contributed by atoms with van der Waals surface area (Å²) in [6, 6.07) is 37.4. The Kier molecular flexibility index (Phi) is 10.0. The molecule has 4 aromatic carbocycles. The van der Waals surface area contributed by atoms with E-state index in [1.807, 2.05) is 12.1 Å². The van der Waals surface area contributed by atoms with Gasteiger partial charge < -0.3 is 14.1 Å². The van der Waals surface area contributed by atoms with Crippen LogP contribution < -0.4 is 40.2 Å². The Labute approximate surface area is 261 Å². The molecule has 12 heteroatoms. The van der Waals surface area contributed by atoms with Gasteiger partial charge in [0, 0.05) is 18.1 Å². The minimum Gasteiger partial charge on any atom is -0.416 e. The lowest BCUT2D eigenvalue weighted by atomic mass is 10.2. The van der Waals surface area contributed by atoms with Crippen LogP contribution in [0.2, 0.25) is 10.0 Å². The van der Waals surface area contributed by atoms with E-state index in [9.17, 15) is 0 Å². The largest absolute Gasteiger partial charge is 0.416 e. The van der Waals surface area contributed by atoms with Crippen LogP contribution in [0.25, 0.3) is 11.5 Å². The van der Waals surface area contributed by atoms with Crippen LogP contribution in [0, 0.1) is 10.2 Å². The van der Waals surface area contributed by atoms with E-state index in [0.29, 0.717) is 47.8 Å². The van der Waals surface area contributed by atoms with Crippen molar-refractivity contribution in [3.05, 3.63) is 119 Å². The maximum absolute atomic E-state index is 8.60. The SMILES string of the molecule is Clc1ccc(-c2nc([P+](c3ccccc3)(c3ccccc3)c3ccccc3)c(N3CCOCC3)o2)c(Cl)c1.[O-][Cl+3]([O-])([O-])O. The second kappa shape index (κ2) is 13.7. The molecule has 0 atom stereocenters. The lowest BCUT2D eigenvalue weighted by molar-refractivity contribution is -1.92. The Morgan fingerprint density at radius 3 is 1.65 bits per heavy atom. The molecule has 6 rings (SSSR count). The number of halogens is 3.